The maximum absolute atomic E-state index is 13.0. The molecule has 5 rings (SSSR count). The van der Waals surface area contributed by atoms with Crippen LogP contribution in [-0.2, 0) is 17.8 Å². The summed E-state index contributed by atoms with van der Waals surface area (Å²) in [5, 5.41) is 3.20. The summed E-state index contributed by atoms with van der Waals surface area (Å²) in [6, 6.07) is 4.19. The van der Waals surface area contributed by atoms with Gasteiger partial charge in [-0.3, -0.25) is 9.78 Å². The van der Waals surface area contributed by atoms with Gasteiger partial charge in [-0.2, -0.15) is 0 Å². The van der Waals surface area contributed by atoms with Crippen molar-refractivity contribution in [1.82, 2.24) is 14.9 Å². The largest absolute Gasteiger partial charge is 0.348 e. The third-order valence-corrected chi connectivity index (χ3v) is 7.53. The molecule has 0 aromatic carbocycles. The number of aromatic nitrogens is 2. The van der Waals surface area contributed by atoms with Gasteiger partial charge in [-0.15, -0.1) is 11.3 Å². The van der Waals surface area contributed by atoms with Crippen LogP contribution in [0.1, 0.15) is 23.3 Å². The van der Waals surface area contributed by atoms with Crippen molar-refractivity contribution in [2.24, 2.45) is 5.92 Å². The molecule has 3 aromatic heterocycles. The number of hydrogen-bond donors (Lipinski definition) is 0. The van der Waals surface area contributed by atoms with Gasteiger partial charge in [-0.1, -0.05) is 11.3 Å². The minimum atomic E-state index is 0.155. The fourth-order valence-corrected chi connectivity index (χ4v) is 5.79. The molecule has 26 heavy (non-hydrogen) atoms. The zero-order valence-corrected chi connectivity index (χ0v) is 16.1. The second kappa shape index (κ2) is 6.63. The molecule has 0 atom stereocenters. The maximum Gasteiger partial charge on any atom is 0.226 e. The Kier molecular flexibility index (Phi) is 4.13. The van der Waals surface area contributed by atoms with Gasteiger partial charge in [0.15, 0.2) is 5.13 Å². The Morgan fingerprint density at radius 2 is 2.08 bits per heavy atom. The van der Waals surface area contributed by atoms with Crippen LogP contribution in [0.5, 0.6) is 0 Å². The van der Waals surface area contributed by atoms with Crippen molar-refractivity contribution in [2.75, 3.05) is 24.5 Å². The average Bonchev–Trinajstić information content (AvgIpc) is 3.33. The number of anilines is 1. The molecule has 1 amide bonds. The number of carbonyl (C=O) groups is 1. The first-order valence-corrected chi connectivity index (χ1v) is 10.8. The first-order valence-electron chi connectivity index (χ1n) is 9.07. The number of hydrogen-bond acceptors (Lipinski definition) is 6. The summed E-state index contributed by atoms with van der Waals surface area (Å²) in [6.07, 6.45) is 6.48. The van der Waals surface area contributed by atoms with E-state index in [0.29, 0.717) is 5.91 Å². The van der Waals surface area contributed by atoms with Gasteiger partial charge in [0.25, 0.3) is 0 Å². The topological polar surface area (TPSA) is 49.3 Å². The Morgan fingerprint density at radius 1 is 1.19 bits per heavy atom. The molecule has 2 aliphatic rings. The lowest BCUT2D eigenvalue weighted by Gasteiger charge is -2.35. The van der Waals surface area contributed by atoms with E-state index in [4.69, 9.17) is 4.98 Å². The monoisotopic (exact) mass is 384 g/mol. The first-order chi connectivity index (χ1) is 12.8. The lowest BCUT2D eigenvalue weighted by Crippen LogP contribution is -2.44. The van der Waals surface area contributed by atoms with E-state index in [1.807, 2.05) is 29.8 Å². The molecule has 0 unspecified atom stereocenters. The highest BCUT2D eigenvalue weighted by molar-refractivity contribution is 7.22. The van der Waals surface area contributed by atoms with Gasteiger partial charge in [-0.25, -0.2) is 4.98 Å². The minimum absolute atomic E-state index is 0.155. The van der Waals surface area contributed by atoms with Crippen LogP contribution < -0.4 is 4.90 Å². The molecule has 0 N–H and O–H groups in total. The van der Waals surface area contributed by atoms with E-state index < -0.39 is 0 Å². The number of piperidine rings is 1. The normalized spacial score (nSPS) is 18.3. The van der Waals surface area contributed by atoms with Crippen molar-refractivity contribution >= 4 is 43.9 Å². The van der Waals surface area contributed by atoms with Gasteiger partial charge in [0, 0.05) is 43.2 Å². The van der Waals surface area contributed by atoms with Crippen LogP contribution in [0, 0.1) is 5.92 Å². The van der Waals surface area contributed by atoms with Gasteiger partial charge in [0.05, 0.1) is 10.9 Å². The van der Waals surface area contributed by atoms with Crippen LogP contribution in [0.25, 0.3) is 10.2 Å². The molecule has 0 saturated carbocycles. The summed E-state index contributed by atoms with van der Waals surface area (Å²) in [5.74, 6) is 0.498. The van der Waals surface area contributed by atoms with E-state index in [9.17, 15) is 4.79 Å². The Balaban J connectivity index is 1.23. The van der Waals surface area contributed by atoms with Crippen LogP contribution in [0.15, 0.2) is 29.9 Å². The molecule has 1 saturated heterocycles. The highest BCUT2D eigenvalue weighted by atomic mass is 32.1. The van der Waals surface area contributed by atoms with E-state index in [2.05, 4.69) is 26.2 Å². The highest BCUT2D eigenvalue weighted by Gasteiger charge is 2.31. The number of thiophene rings is 1. The second-order valence-electron chi connectivity index (χ2n) is 6.98. The van der Waals surface area contributed by atoms with Crippen molar-refractivity contribution in [3.8, 4) is 0 Å². The summed E-state index contributed by atoms with van der Waals surface area (Å²) < 4.78 is 1.17. The number of amides is 1. The van der Waals surface area contributed by atoms with E-state index in [1.165, 1.54) is 15.1 Å². The quantitative estimate of drug-likeness (QED) is 0.678. The van der Waals surface area contributed by atoms with Gasteiger partial charge in [-0.05, 0) is 42.3 Å². The van der Waals surface area contributed by atoms with Crippen LogP contribution in [-0.4, -0.2) is 40.4 Å². The van der Waals surface area contributed by atoms with Crippen molar-refractivity contribution in [3.63, 3.8) is 0 Å². The predicted molar refractivity (Wildman–Crippen MR) is 106 cm³/mol. The smallest absolute Gasteiger partial charge is 0.226 e. The molecule has 2 aliphatic heterocycles. The number of nitrogens with zero attached hydrogens (tertiary/aromatic N) is 4. The maximum atomic E-state index is 13.0. The third-order valence-electron chi connectivity index (χ3n) is 5.41. The molecular formula is C19H20N4OS2. The number of carbonyl (C=O) groups excluding carboxylic acids is 1. The lowest BCUT2D eigenvalue weighted by atomic mass is 9.94. The van der Waals surface area contributed by atoms with Gasteiger partial charge >= 0.3 is 0 Å². The van der Waals surface area contributed by atoms with E-state index in [-0.39, 0.29) is 5.92 Å². The van der Waals surface area contributed by atoms with Crippen LogP contribution in [0.2, 0.25) is 0 Å². The van der Waals surface area contributed by atoms with Crippen molar-refractivity contribution in [1.29, 1.82) is 0 Å². The molecular weight excluding hydrogens is 364 g/mol. The van der Waals surface area contributed by atoms with Crippen LogP contribution >= 0.6 is 22.7 Å². The summed E-state index contributed by atoms with van der Waals surface area (Å²) in [7, 11) is 0. The number of pyridine rings is 1. The number of rotatable bonds is 2. The molecule has 1 fully saturated rings. The summed E-state index contributed by atoms with van der Waals surface area (Å²) in [5.41, 5.74) is 2.31. The number of fused-ring (bicyclic) bond motifs is 2. The second-order valence-corrected chi connectivity index (χ2v) is 8.99. The lowest BCUT2D eigenvalue weighted by molar-refractivity contribution is -0.137. The van der Waals surface area contributed by atoms with Crippen molar-refractivity contribution in [2.45, 2.75) is 25.8 Å². The molecule has 0 spiro atoms. The predicted octanol–water partition coefficient (Wildman–Crippen LogP) is 3.55. The molecule has 134 valence electrons. The zero-order chi connectivity index (χ0) is 17.5. The molecule has 7 heteroatoms. The zero-order valence-electron chi connectivity index (χ0n) is 14.4. The molecule has 0 radical (unpaired) electrons. The molecule has 0 bridgehead atoms. The van der Waals surface area contributed by atoms with Gasteiger partial charge in [0.1, 0.15) is 5.52 Å². The minimum Gasteiger partial charge on any atom is -0.348 e. The average molecular weight is 385 g/mol. The van der Waals surface area contributed by atoms with Crippen LogP contribution in [0.4, 0.5) is 5.13 Å². The molecule has 5 heterocycles. The van der Waals surface area contributed by atoms with E-state index in [0.717, 1.165) is 56.1 Å². The Hall–Kier alpha value is -1.99. The highest BCUT2D eigenvalue weighted by Crippen LogP contribution is 2.32. The van der Waals surface area contributed by atoms with Crippen molar-refractivity contribution < 1.29 is 4.79 Å². The van der Waals surface area contributed by atoms with Gasteiger partial charge < -0.3 is 9.80 Å². The fraction of sp³-hybridized carbons (Fsp3) is 0.421. The Bertz CT molecular complexity index is 909. The fourth-order valence-electron chi connectivity index (χ4n) is 3.92. The molecule has 5 nitrogen and oxygen atoms in total. The summed E-state index contributed by atoms with van der Waals surface area (Å²) >= 11 is 3.53. The van der Waals surface area contributed by atoms with Crippen LogP contribution in [0.3, 0.4) is 0 Å². The Morgan fingerprint density at radius 3 is 2.92 bits per heavy atom. The number of thiazole rings is 1. The SMILES string of the molecule is O=C(C1CCN(c2nc3cnccc3s2)CC1)N1CCc2sccc2C1. The third kappa shape index (κ3) is 2.89. The first kappa shape index (κ1) is 16.2. The standard InChI is InChI=1S/C19H20N4OS2/c24-18(23-9-4-16-14(12-23)5-10-25-16)13-2-7-22(8-3-13)19-21-15-11-20-6-1-17(15)26-19/h1,5-6,10-11,13H,2-4,7-9,12H2. The van der Waals surface area contributed by atoms with Gasteiger partial charge in [0.2, 0.25) is 5.91 Å². The van der Waals surface area contributed by atoms with E-state index >= 15 is 0 Å². The van der Waals surface area contributed by atoms with E-state index in [1.54, 1.807) is 11.3 Å². The summed E-state index contributed by atoms with van der Waals surface area (Å²) in [6.45, 7) is 3.47. The molecule has 0 aliphatic carbocycles. The van der Waals surface area contributed by atoms with Crippen molar-refractivity contribution in [3.05, 3.63) is 40.3 Å². The molecule has 3 aromatic rings. The summed E-state index contributed by atoms with van der Waals surface area (Å²) in [4.78, 5) is 27.7. The Labute approximate surface area is 160 Å².